The zero-order valence-corrected chi connectivity index (χ0v) is 41.3. The molecule has 0 aliphatic rings. The average molecular weight is 875 g/mol. The number of hydrogen-bond acceptors (Lipinski definition) is 6. The molecule has 0 amide bonds. The lowest BCUT2D eigenvalue weighted by molar-refractivity contribution is -0.887. The van der Waals surface area contributed by atoms with Crippen LogP contribution in [0.1, 0.15) is 239 Å². The predicted molar refractivity (Wildman–Crippen MR) is 261 cm³/mol. The Bertz CT molecular complexity index is 1110. The SMILES string of the molecule is CC/C=C/C/C=C/C/C=C/CCCCCCCCCCCCC(=O)OC(COCCC(C(=O)O)[N+](C)(C)C)COC(=O)CCCCCCCCCCCCCCCCCCCC. The first-order valence-electron chi connectivity index (χ1n) is 26.0. The van der Waals surface area contributed by atoms with Crippen LogP contribution in [0.25, 0.3) is 0 Å². The molecule has 0 rings (SSSR count). The number of allylic oxidation sites excluding steroid dienone is 6. The maximum Gasteiger partial charge on any atom is 0.362 e. The van der Waals surface area contributed by atoms with Gasteiger partial charge in [-0.3, -0.25) is 9.59 Å². The molecule has 0 aliphatic carbocycles. The standard InChI is InChI=1S/C54H99NO7/c1-6-8-10-12-14-16-18-20-22-24-26-27-29-31-33-35-37-39-41-43-45-53(57)62-50(48-60-47-46-51(54(58)59)55(3,4)5)49-61-52(56)44-42-40-38-36-34-32-30-28-25-23-21-19-17-15-13-11-9-7-2/h8,10,14,16,20,22,50-51H,6-7,9,11-13,15,17-19,21,23-49H2,1-5H3/p+1/b10-8+,16-14+,22-20+. The second-order valence-electron chi connectivity index (χ2n) is 18.8. The van der Waals surface area contributed by atoms with E-state index in [2.05, 4.69) is 50.3 Å². The van der Waals surface area contributed by atoms with Gasteiger partial charge < -0.3 is 23.8 Å². The quantitative estimate of drug-likeness (QED) is 0.0281. The first-order chi connectivity index (χ1) is 30.1. The summed E-state index contributed by atoms with van der Waals surface area (Å²) in [4.78, 5) is 37.2. The molecule has 2 unspecified atom stereocenters. The summed E-state index contributed by atoms with van der Waals surface area (Å²) in [5.41, 5.74) is 0. The van der Waals surface area contributed by atoms with Crippen LogP contribution < -0.4 is 0 Å². The van der Waals surface area contributed by atoms with Crippen molar-refractivity contribution in [3.05, 3.63) is 36.5 Å². The molecule has 0 spiro atoms. The van der Waals surface area contributed by atoms with Gasteiger partial charge in [0.05, 0.1) is 34.4 Å². The minimum absolute atomic E-state index is 0.0486. The second kappa shape index (κ2) is 45.1. The Morgan fingerprint density at radius 2 is 0.903 bits per heavy atom. The van der Waals surface area contributed by atoms with Gasteiger partial charge in [-0.15, -0.1) is 0 Å². The van der Waals surface area contributed by atoms with Gasteiger partial charge in [0.2, 0.25) is 0 Å². The third-order valence-electron chi connectivity index (χ3n) is 11.8. The van der Waals surface area contributed by atoms with Crippen LogP contribution in [0.4, 0.5) is 0 Å². The van der Waals surface area contributed by atoms with Gasteiger partial charge >= 0.3 is 17.9 Å². The van der Waals surface area contributed by atoms with Crippen LogP contribution in [0.5, 0.6) is 0 Å². The van der Waals surface area contributed by atoms with Gasteiger partial charge in [-0.1, -0.05) is 211 Å². The summed E-state index contributed by atoms with van der Waals surface area (Å²) in [6, 6.07) is -0.614. The van der Waals surface area contributed by atoms with E-state index in [9.17, 15) is 19.5 Å². The van der Waals surface area contributed by atoms with E-state index in [-0.39, 0.29) is 36.2 Å². The molecule has 0 saturated carbocycles. The fraction of sp³-hybridized carbons (Fsp3) is 0.833. The molecule has 8 nitrogen and oxygen atoms in total. The van der Waals surface area contributed by atoms with Crippen LogP contribution >= 0.6 is 0 Å². The molecule has 0 aromatic heterocycles. The van der Waals surface area contributed by atoms with Crippen LogP contribution in [0.15, 0.2) is 36.5 Å². The lowest BCUT2D eigenvalue weighted by atomic mass is 10.0. The molecule has 0 fully saturated rings. The van der Waals surface area contributed by atoms with E-state index in [0.29, 0.717) is 19.3 Å². The molecular formula is C54H100NO7+. The van der Waals surface area contributed by atoms with E-state index in [1.165, 1.54) is 148 Å². The Balaban J connectivity index is 4.21. The number of likely N-dealkylation sites (N-methyl/N-ethyl adjacent to an activating group) is 1. The topological polar surface area (TPSA) is 99.1 Å². The summed E-state index contributed by atoms with van der Waals surface area (Å²) in [5, 5.41) is 9.66. The minimum atomic E-state index is -0.873. The zero-order chi connectivity index (χ0) is 45.6. The highest BCUT2D eigenvalue weighted by molar-refractivity contribution is 5.72. The van der Waals surface area contributed by atoms with Crippen molar-refractivity contribution in [3.63, 3.8) is 0 Å². The van der Waals surface area contributed by atoms with E-state index in [1.54, 1.807) is 0 Å². The average Bonchev–Trinajstić information content (AvgIpc) is 3.23. The van der Waals surface area contributed by atoms with E-state index >= 15 is 0 Å². The van der Waals surface area contributed by atoms with Crippen molar-refractivity contribution in [2.24, 2.45) is 0 Å². The lowest BCUT2D eigenvalue weighted by Crippen LogP contribution is -2.50. The summed E-state index contributed by atoms with van der Waals surface area (Å²) in [7, 11) is 5.54. The molecule has 0 aromatic rings. The van der Waals surface area contributed by atoms with E-state index in [4.69, 9.17) is 14.2 Å². The molecule has 0 radical (unpaired) electrons. The number of quaternary nitrogens is 1. The smallest absolute Gasteiger partial charge is 0.362 e. The van der Waals surface area contributed by atoms with Gasteiger partial charge in [0.15, 0.2) is 12.1 Å². The van der Waals surface area contributed by atoms with Gasteiger partial charge in [0.1, 0.15) is 6.61 Å². The van der Waals surface area contributed by atoms with Crippen molar-refractivity contribution in [2.75, 3.05) is 41.0 Å². The Kier molecular flexibility index (Phi) is 43.3. The number of unbranched alkanes of at least 4 members (excludes halogenated alkanes) is 27. The number of nitrogens with zero attached hydrogens (tertiary/aromatic N) is 1. The van der Waals surface area contributed by atoms with Crippen molar-refractivity contribution >= 4 is 17.9 Å². The Morgan fingerprint density at radius 1 is 0.500 bits per heavy atom. The highest BCUT2D eigenvalue weighted by Gasteiger charge is 2.31. The van der Waals surface area contributed by atoms with Crippen LogP contribution in [0, 0.1) is 0 Å². The highest BCUT2D eigenvalue weighted by atomic mass is 16.6. The van der Waals surface area contributed by atoms with Crippen molar-refractivity contribution in [1.29, 1.82) is 0 Å². The molecule has 0 aliphatic heterocycles. The second-order valence-corrected chi connectivity index (χ2v) is 18.8. The maximum absolute atomic E-state index is 12.8. The summed E-state index contributed by atoms with van der Waals surface area (Å²) in [5.74, 6) is -1.46. The number of carboxylic acid groups (broad SMARTS) is 1. The third kappa shape index (κ3) is 42.8. The van der Waals surface area contributed by atoms with Crippen LogP contribution in [-0.2, 0) is 28.6 Å². The number of aliphatic carboxylic acids is 1. The highest BCUT2D eigenvalue weighted by Crippen LogP contribution is 2.16. The third-order valence-corrected chi connectivity index (χ3v) is 11.8. The number of rotatable bonds is 47. The zero-order valence-electron chi connectivity index (χ0n) is 41.3. The number of carbonyl (C=O) groups excluding carboxylic acids is 2. The van der Waals surface area contributed by atoms with Gasteiger partial charge in [0.25, 0.3) is 0 Å². The van der Waals surface area contributed by atoms with Gasteiger partial charge in [-0.25, -0.2) is 4.79 Å². The molecule has 0 heterocycles. The van der Waals surface area contributed by atoms with Crippen LogP contribution in [-0.4, -0.2) is 80.6 Å². The molecule has 62 heavy (non-hydrogen) atoms. The van der Waals surface area contributed by atoms with Crippen molar-refractivity contribution in [2.45, 2.75) is 251 Å². The van der Waals surface area contributed by atoms with Gasteiger partial charge in [-0.05, 0) is 44.9 Å². The molecule has 1 N–H and O–H groups in total. The summed E-state index contributed by atoms with van der Waals surface area (Å²) in [6.45, 7) is 4.66. The maximum atomic E-state index is 12.8. The van der Waals surface area contributed by atoms with E-state index in [1.807, 2.05) is 21.1 Å². The molecule has 8 heteroatoms. The molecule has 362 valence electrons. The van der Waals surface area contributed by atoms with Gasteiger partial charge in [-0.2, -0.15) is 0 Å². The lowest BCUT2D eigenvalue weighted by Gasteiger charge is -2.31. The van der Waals surface area contributed by atoms with Crippen LogP contribution in [0.3, 0.4) is 0 Å². The normalized spacial score (nSPS) is 13.1. The fourth-order valence-electron chi connectivity index (χ4n) is 7.81. The monoisotopic (exact) mass is 875 g/mol. The molecular weight excluding hydrogens is 775 g/mol. The van der Waals surface area contributed by atoms with E-state index in [0.717, 1.165) is 57.8 Å². The van der Waals surface area contributed by atoms with Crippen molar-refractivity contribution in [3.8, 4) is 0 Å². The minimum Gasteiger partial charge on any atom is -0.477 e. The summed E-state index contributed by atoms with van der Waals surface area (Å²) >= 11 is 0. The van der Waals surface area contributed by atoms with Crippen molar-refractivity contribution < 1.29 is 38.2 Å². The predicted octanol–water partition coefficient (Wildman–Crippen LogP) is 15.0. The molecule has 2 atom stereocenters. The van der Waals surface area contributed by atoms with Crippen LogP contribution in [0.2, 0.25) is 0 Å². The summed E-state index contributed by atoms with van der Waals surface area (Å²) < 4.78 is 17.4. The molecule has 0 saturated heterocycles. The number of ether oxygens (including phenoxy) is 3. The first-order valence-corrected chi connectivity index (χ1v) is 26.0. The Morgan fingerprint density at radius 3 is 1.34 bits per heavy atom. The Hall–Kier alpha value is -2.45. The van der Waals surface area contributed by atoms with Gasteiger partial charge in [0, 0.05) is 19.3 Å². The molecule has 0 aromatic carbocycles. The molecule has 0 bridgehead atoms. The largest absolute Gasteiger partial charge is 0.477 e. The Labute approximate surface area is 383 Å². The number of carboxylic acids is 1. The number of hydrogen-bond donors (Lipinski definition) is 1. The van der Waals surface area contributed by atoms with E-state index < -0.39 is 18.1 Å². The first kappa shape index (κ1) is 59.5. The fourth-order valence-corrected chi connectivity index (χ4v) is 7.81. The number of esters is 2. The summed E-state index contributed by atoms with van der Waals surface area (Å²) in [6.07, 6.45) is 53.3. The van der Waals surface area contributed by atoms with Crippen molar-refractivity contribution in [1.82, 2.24) is 0 Å². The number of carbonyl (C=O) groups is 3.